The van der Waals surface area contributed by atoms with Crippen molar-refractivity contribution in [2.75, 3.05) is 5.88 Å². The van der Waals surface area contributed by atoms with E-state index >= 15 is 0 Å². The molecule has 0 aromatic carbocycles. The monoisotopic (exact) mass is 267 g/mol. The zero-order valence-corrected chi connectivity index (χ0v) is 10.4. The number of aliphatic hydroxyl groups excluding tert-OH is 2. The minimum absolute atomic E-state index is 0.0811. The molecule has 0 saturated heterocycles. The number of aliphatic hydroxyl groups is 2. The van der Waals surface area contributed by atoms with Crippen molar-refractivity contribution in [3.63, 3.8) is 0 Å². The normalized spacial score (nSPS) is 12.6. The number of nitrogens with zero attached hydrogens (tertiary/aromatic N) is 2. The molecule has 2 rings (SSSR count). The minimum Gasteiger partial charge on any atom is -0.392 e. The Balaban J connectivity index is 2.36. The predicted octanol–water partition coefficient (Wildman–Crippen LogP) is 1.11. The van der Waals surface area contributed by atoms with Crippen LogP contribution < -0.4 is 0 Å². The van der Waals surface area contributed by atoms with Crippen LogP contribution in [0, 0.1) is 0 Å². The highest BCUT2D eigenvalue weighted by Gasteiger charge is 2.14. The second kappa shape index (κ2) is 5.95. The highest BCUT2D eigenvalue weighted by molar-refractivity contribution is 6.18. The maximum Gasteiger partial charge on any atom is 0.0932 e. The number of H-pyrrole nitrogens is 1. The minimum atomic E-state index is -0.625. The van der Waals surface area contributed by atoms with Crippen LogP contribution in [0.2, 0.25) is 0 Å². The van der Waals surface area contributed by atoms with E-state index in [1.807, 2.05) is 0 Å². The molecular formula is C12H14ClN3O2. The number of rotatable bonds is 5. The van der Waals surface area contributed by atoms with Gasteiger partial charge >= 0.3 is 0 Å². The lowest BCUT2D eigenvalue weighted by Crippen LogP contribution is -2.13. The van der Waals surface area contributed by atoms with Crippen molar-refractivity contribution in [1.82, 2.24) is 15.0 Å². The number of pyridine rings is 1. The van der Waals surface area contributed by atoms with Crippen LogP contribution >= 0.6 is 11.6 Å². The molecule has 0 aliphatic rings. The van der Waals surface area contributed by atoms with Crippen molar-refractivity contribution in [3.05, 3.63) is 36.0 Å². The molecule has 2 heterocycles. The molecule has 0 aliphatic carbocycles. The number of aromatic amines is 1. The predicted molar refractivity (Wildman–Crippen MR) is 68.2 cm³/mol. The van der Waals surface area contributed by atoms with E-state index in [-0.39, 0.29) is 12.5 Å². The molecule has 0 unspecified atom stereocenters. The molecule has 1 atom stereocenters. The van der Waals surface area contributed by atoms with Gasteiger partial charge in [-0.05, 0) is 11.6 Å². The van der Waals surface area contributed by atoms with Crippen molar-refractivity contribution < 1.29 is 10.2 Å². The highest BCUT2D eigenvalue weighted by atomic mass is 35.5. The molecule has 18 heavy (non-hydrogen) atoms. The summed E-state index contributed by atoms with van der Waals surface area (Å²) in [4.78, 5) is 11.2. The summed E-state index contributed by atoms with van der Waals surface area (Å²) in [6, 6.07) is 1.74. The smallest absolute Gasteiger partial charge is 0.0932 e. The Hall–Kier alpha value is -1.43. The Morgan fingerprint density at radius 3 is 3.00 bits per heavy atom. The zero-order chi connectivity index (χ0) is 13.0. The zero-order valence-electron chi connectivity index (χ0n) is 9.67. The van der Waals surface area contributed by atoms with Crippen molar-refractivity contribution in [2.45, 2.75) is 19.1 Å². The highest BCUT2D eigenvalue weighted by Crippen LogP contribution is 2.24. The van der Waals surface area contributed by atoms with E-state index in [0.29, 0.717) is 12.1 Å². The Morgan fingerprint density at radius 1 is 1.44 bits per heavy atom. The van der Waals surface area contributed by atoms with Crippen LogP contribution in [-0.4, -0.2) is 37.1 Å². The van der Waals surface area contributed by atoms with E-state index < -0.39 is 6.10 Å². The SMILES string of the molecule is OCc1ccncc1-c1nc[nH]c1C[C@H](O)CCl. The second-order valence-electron chi connectivity index (χ2n) is 3.93. The molecule has 5 nitrogen and oxygen atoms in total. The molecule has 0 bridgehead atoms. The quantitative estimate of drug-likeness (QED) is 0.709. The van der Waals surface area contributed by atoms with Crippen LogP contribution in [0.25, 0.3) is 11.3 Å². The summed E-state index contributed by atoms with van der Waals surface area (Å²) in [6.07, 6.45) is 4.59. The van der Waals surface area contributed by atoms with E-state index in [1.165, 1.54) is 0 Å². The van der Waals surface area contributed by atoms with Crippen LogP contribution in [0.3, 0.4) is 0 Å². The molecule has 0 fully saturated rings. The number of alkyl halides is 1. The van der Waals surface area contributed by atoms with Gasteiger partial charge in [-0.15, -0.1) is 11.6 Å². The van der Waals surface area contributed by atoms with E-state index in [0.717, 1.165) is 16.8 Å². The lowest BCUT2D eigenvalue weighted by molar-refractivity contribution is 0.198. The molecule has 6 heteroatoms. The van der Waals surface area contributed by atoms with Gasteiger partial charge in [-0.25, -0.2) is 4.98 Å². The summed E-state index contributed by atoms with van der Waals surface area (Å²) < 4.78 is 0. The van der Waals surface area contributed by atoms with Gasteiger partial charge in [-0.1, -0.05) is 0 Å². The van der Waals surface area contributed by atoms with Gasteiger partial charge in [0.1, 0.15) is 0 Å². The number of hydrogen-bond acceptors (Lipinski definition) is 4. The van der Waals surface area contributed by atoms with Gasteiger partial charge in [0.25, 0.3) is 0 Å². The van der Waals surface area contributed by atoms with Crippen molar-refractivity contribution in [3.8, 4) is 11.3 Å². The van der Waals surface area contributed by atoms with Crippen molar-refractivity contribution in [2.24, 2.45) is 0 Å². The van der Waals surface area contributed by atoms with E-state index in [9.17, 15) is 10.2 Å². The summed E-state index contributed by atoms with van der Waals surface area (Å²) >= 11 is 5.59. The average molecular weight is 268 g/mol. The molecule has 2 aromatic heterocycles. The third kappa shape index (κ3) is 2.69. The summed E-state index contributed by atoms with van der Waals surface area (Å²) in [6.45, 7) is -0.0811. The average Bonchev–Trinajstić information content (AvgIpc) is 2.86. The van der Waals surface area contributed by atoms with Gasteiger partial charge in [0.05, 0.1) is 24.7 Å². The Bertz CT molecular complexity index is 516. The number of halogens is 1. The second-order valence-corrected chi connectivity index (χ2v) is 4.24. The summed E-state index contributed by atoms with van der Waals surface area (Å²) in [7, 11) is 0. The molecule has 0 saturated carbocycles. The summed E-state index contributed by atoms with van der Waals surface area (Å²) in [5.41, 5.74) is 2.99. The third-order valence-corrected chi connectivity index (χ3v) is 3.03. The van der Waals surface area contributed by atoms with Gasteiger partial charge in [0.2, 0.25) is 0 Å². The van der Waals surface area contributed by atoms with E-state index in [1.54, 1.807) is 24.8 Å². The number of hydrogen-bond donors (Lipinski definition) is 3. The van der Waals surface area contributed by atoms with Gasteiger partial charge in [0.15, 0.2) is 0 Å². The van der Waals surface area contributed by atoms with Crippen molar-refractivity contribution in [1.29, 1.82) is 0 Å². The van der Waals surface area contributed by atoms with E-state index in [2.05, 4.69) is 15.0 Å². The number of imidazole rings is 1. The topological polar surface area (TPSA) is 82.0 Å². The lowest BCUT2D eigenvalue weighted by atomic mass is 10.0. The van der Waals surface area contributed by atoms with E-state index in [4.69, 9.17) is 11.6 Å². The first-order valence-electron chi connectivity index (χ1n) is 5.56. The Kier molecular flexibility index (Phi) is 4.30. The van der Waals surface area contributed by atoms with Crippen molar-refractivity contribution >= 4 is 11.6 Å². The number of aromatic nitrogens is 3. The molecule has 0 spiro atoms. The number of nitrogens with one attached hydrogen (secondary N) is 1. The molecule has 0 amide bonds. The first-order valence-corrected chi connectivity index (χ1v) is 6.10. The van der Waals surface area contributed by atoms with Crippen LogP contribution in [-0.2, 0) is 13.0 Å². The van der Waals surface area contributed by atoms with Gasteiger partial charge in [-0.3, -0.25) is 4.98 Å². The Labute approximate surface area is 109 Å². The third-order valence-electron chi connectivity index (χ3n) is 2.67. The maximum absolute atomic E-state index is 9.58. The summed E-state index contributed by atoms with van der Waals surface area (Å²) in [5.74, 6) is 0.165. The largest absolute Gasteiger partial charge is 0.392 e. The first-order chi connectivity index (χ1) is 8.76. The lowest BCUT2D eigenvalue weighted by Gasteiger charge is -2.09. The fraction of sp³-hybridized carbons (Fsp3) is 0.333. The van der Waals surface area contributed by atoms with Gasteiger partial charge in [-0.2, -0.15) is 0 Å². The molecule has 0 radical (unpaired) electrons. The van der Waals surface area contributed by atoms with Gasteiger partial charge in [0, 0.05) is 36.0 Å². The standard InChI is InChI=1S/C12H14ClN3O2/c13-4-9(18)3-11-12(16-7-15-11)10-5-14-2-1-8(10)6-17/h1-2,5,7,9,17-18H,3-4,6H2,(H,15,16)/t9-/m0/s1. The van der Waals surface area contributed by atoms with Crippen LogP contribution in [0.4, 0.5) is 0 Å². The molecule has 0 aliphatic heterocycles. The van der Waals surface area contributed by atoms with Gasteiger partial charge < -0.3 is 15.2 Å². The van der Waals surface area contributed by atoms with Crippen LogP contribution in [0.5, 0.6) is 0 Å². The molecular weight excluding hydrogens is 254 g/mol. The van der Waals surface area contributed by atoms with Crippen LogP contribution in [0.15, 0.2) is 24.8 Å². The van der Waals surface area contributed by atoms with Crippen LogP contribution in [0.1, 0.15) is 11.3 Å². The molecule has 3 N–H and O–H groups in total. The molecule has 96 valence electrons. The Morgan fingerprint density at radius 2 is 2.28 bits per heavy atom. The maximum atomic E-state index is 9.58. The first kappa shape index (κ1) is 13.0. The fourth-order valence-corrected chi connectivity index (χ4v) is 1.88. The molecule has 2 aromatic rings. The fourth-order valence-electron chi connectivity index (χ4n) is 1.77. The summed E-state index contributed by atoms with van der Waals surface area (Å²) in [5, 5.41) is 18.9.